The smallest absolute Gasteiger partial charge is 0.281 e. The Morgan fingerprint density at radius 3 is 2.06 bits per heavy atom. The highest BCUT2D eigenvalue weighted by atomic mass is 32.2. The molecule has 2 unspecified atom stereocenters. The van der Waals surface area contributed by atoms with E-state index in [0.717, 1.165) is 25.9 Å². The summed E-state index contributed by atoms with van der Waals surface area (Å²) >= 11 is 0. The van der Waals surface area contributed by atoms with Gasteiger partial charge in [-0.2, -0.15) is 17.0 Å². The van der Waals surface area contributed by atoms with Crippen LogP contribution in [0.5, 0.6) is 0 Å². The topological polar surface area (TPSA) is 52.7 Å². The lowest BCUT2D eigenvalue weighted by atomic mass is 10.0. The van der Waals surface area contributed by atoms with Gasteiger partial charge >= 0.3 is 0 Å². The van der Waals surface area contributed by atoms with Crippen molar-refractivity contribution in [1.29, 1.82) is 0 Å². The second-order valence-electron chi connectivity index (χ2n) is 5.40. The molecule has 0 bridgehead atoms. The first-order valence-corrected chi connectivity index (χ1v) is 8.45. The van der Waals surface area contributed by atoms with Crippen LogP contribution >= 0.6 is 0 Å². The number of nitrogens with one attached hydrogen (secondary N) is 1. The van der Waals surface area contributed by atoms with Crippen molar-refractivity contribution in [3.8, 4) is 0 Å². The minimum absolute atomic E-state index is 0.518. The van der Waals surface area contributed by atoms with Crippen molar-refractivity contribution in [2.24, 2.45) is 11.8 Å². The summed E-state index contributed by atoms with van der Waals surface area (Å²) < 4.78 is 28.5. The Balaban J connectivity index is 2.05. The van der Waals surface area contributed by atoms with Crippen LogP contribution in [0.3, 0.4) is 0 Å². The normalized spacial score (nSPS) is 29.1. The lowest BCUT2D eigenvalue weighted by Gasteiger charge is -2.27. The first-order chi connectivity index (χ1) is 8.59. The molecule has 1 N–H and O–H groups in total. The number of rotatable bonds is 6. The number of nitrogens with zero attached hydrogens (tertiary/aromatic N) is 2. The molecule has 0 aliphatic carbocycles. The largest absolute Gasteiger partial charge is 0.316 e. The van der Waals surface area contributed by atoms with Gasteiger partial charge < -0.3 is 5.32 Å². The van der Waals surface area contributed by atoms with Gasteiger partial charge in [-0.3, -0.25) is 0 Å². The van der Waals surface area contributed by atoms with Crippen LogP contribution in [0.1, 0.15) is 26.7 Å². The molecule has 2 fully saturated rings. The van der Waals surface area contributed by atoms with Gasteiger partial charge in [0.1, 0.15) is 0 Å². The fourth-order valence-electron chi connectivity index (χ4n) is 3.01. The third-order valence-electron chi connectivity index (χ3n) is 3.95. The van der Waals surface area contributed by atoms with E-state index in [-0.39, 0.29) is 0 Å². The van der Waals surface area contributed by atoms with Crippen molar-refractivity contribution in [2.45, 2.75) is 26.7 Å². The summed E-state index contributed by atoms with van der Waals surface area (Å²) in [4.78, 5) is 0. The number of hydrogen-bond acceptors (Lipinski definition) is 3. The molecule has 0 spiro atoms. The molecule has 0 aromatic rings. The molecule has 2 atom stereocenters. The van der Waals surface area contributed by atoms with Crippen molar-refractivity contribution in [2.75, 3.05) is 39.3 Å². The van der Waals surface area contributed by atoms with Crippen LogP contribution in [0.25, 0.3) is 0 Å². The second kappa shape index (κ2) is 5.86. The molecule has 0 amide bonds. The average molecular weight is 275 g/mol. The van der Waals surface area contributed by atoms with E-state index in [1.165, 1.54) is 0 Å². The Labute approximate surface area is 111 Å². The van der Waals surface area contributed by atoms with Crippen LogP contribution in [-0.4, -0.2) is 56.3 Å². The predicted molar refractivity (Wildman–Crippen MR) is 72.5 cm³/mol. The van der Waals surface area contributed by atoms with Gasteiger partial charge in [-0.1, -0.05) is 13.8 Å². The van der Waals surface area contributed by atoms with Gasteiger partial charge in [-0.15, -0.1) is 0 Å². The summed E-state index contributed by atoms with van der Waals surface area (Å²) in [6.07, 6.45) is 1.75. The van der Waals surface area contributed by atoms with E-state index < -0.39 is 10.2 Å². The maximum atomic E-state index is 12.6. The molecule has 18 heavy (non-hydrogen) atoms. The molecular weight excluding hydrogens is 250 g/mol. The maximum Gasteiger partial charge on any atom is 0.281 e. The average Bonchev–Trinajstić information content (AvgIpc) is 2.88. The van der Waals surface area contributed by atoms with Crippen LogP contribution in [0.2, 0.25) is 0 Å². The summed E-state index contributed by atoms with van der Waals surface area (Å²) in [5, 5.41) is 3.34. The van der Waals surface area contributed by atoms with Crippen molar-refractivity contribution in [3.63, 3.8) is 0 Å². The molecule has 0 aromatic carbocycles. The molecule has 2 saturated heterocycles. The monoisotopic (exact) mass is 275 g/mol. The fourth-order valence-corrected chi connectivity index (χ4v) is 4.92. The summed E-state index contributed by atoms with van der Waals surface area (Å²) in [6, 6.07) is 0. The lowest BCUT2D eigenvalue weighted by Crippen LogP contribution is -2.44. The van der Waals surface area contributed by atoms with Gasteiger partial charge in [-0.05, 0) is 37.8 Å². The summed E-state index contributed by atoms with van der Waals surface area (Å²) in [5.74, 6) is 1.04. The van der Waals surface area contributed by atoms with Crippen LogP contribution in [0.15, 0.2) is 0 Å². The molecule has 2 heterocycles. The minimum atomic E-state index is -3.23. The first-order valence-electron chi connectivity index (χ1n) is 7.05. The summed E-state index contributed by atoms with van der Waals surface area (Å²) in [7, 11) is -3.23. The standard InChI is InChI=1S/C12H25N3O2S/c1-3-5-14(6-4-2)18(16,17)15-9-11-7-13-8-12(11)10-15/h11-13H,3-10H2,1-2H3. The van der Waals surface area contributed by atoms with Gasteiger partial charge in [0.15, 0.2) is 0 Å². The Morgan fingerprint density at radius 1 is 1.11 bits per heavy atom. The van der Waals surface area contributed by atoms with Crippen LogP contribution in [0.4, 0.5) is 0 Å². The highest BCUT2D eigenvalue weighted by Gasteiger charge is 2.42. The number of fused-ring (bicyclic) bond motifs is 1. The van der Waals surface area contributed by atoms with Gasteiger partial charge in [0.05, 0.1) is 0 Å². The van der Waals surface area contributed by atoms with E-state index in [2.05, 4.69) is 5.32 Å². The SMILES string of the molecule is CCCN(CCC)S(=O)(=O)N1CC2CNCC2C1. The van der Waals surface area contributed by atoms with E-state index in [9.17, 15) is 8.42 Å². The van der Waals surface area contributed by atoms with Gasteiger partial charge in [0.2, 0.25) is 0 Å². The van der Waals surface area contributed by atoms with Crippen LogP contribution in [0, 0.1) is 11.8 Å². The van der Waals surface area contributed by atoms with Gasteiger partial charge in [0, 0.05) is 26.2 Å². The summed E-state index contributed by atoms with van der Waals surface area (Å²) in [6.45, 7) is 8.67. The molecule has 0 radical (unpaired) electrons. The Hall–Kier alpha value is -0.170. The van der Waals surface area contributed by atoms with Crippen LogP contribution in [-0.2, 0) is 10.2 Å². The second-order valence-corrected chi connectivity index (χ2v) is 7.33. The van der Waals surface area contributed by atoms with E-state index in [4.69, 9.17) is 0 Å². The zero-order valence-corrected chi connectivity index (χ0v) is 12.2. The Bertz CT molecular complexity index is 354. The van der Waals surface area contributed by atoms with E-state index in [1.807, 2.05) is 13.8 Å². The molecule has 0 aromatic heterocycles. The summed E-state index contributed by atoms with van der Waals surface area (Å²) in [5.41, 5.74) is 0. The third kappa shape index (κ3) is 2.71. The van der Waals surface area contributed by atoms with E-state index in [1.54, 1.807) is 8.61 Å². The molecule has 2 aliphatic rings. The zero-order chi connectivity index (χ0) is 13.2. The predicted octanol–water partition coefficient (Wildman–Crippen LogP) is 0.504. The Kier molecular flexibility index (Phi) is 4.64. The lowest BCUT2D eigenvalue weighted by molar-refractivity contribution is 0.350. The highest BCUT2D eigenvalue weighted by Crippen LogP contribution is 2.29. The van der Waals surface area contributed by atoms with E-state index >= 15 is 0 Å². The zero-order valence-electron chi connectivity index (χ0n) is 11.4. The third-order valence-corrected chi connectivity index (χ3v) is 5.92. The maximum absolute atomic E-state index is 12.6. The van der Waals surface area contributed by atoms with Crippen molar-refractivity contribution in [3.05, 3.63) is 0 Å². The quantitative estimate of drug-likeness (QED) is 0.768. The Morgan fingerprint density at radius 2 is 1.61 bits per heavy atom. The molecule has 0 saturated carbocycles. The van der Waals surface area contributed by atoms with Crippen LogP contribution < -0.4 is 5.32 Å². The van der Waals surface area contributed by atoms with Gasteiger partial charge in [-0.25, -0.2) is 0 Å². The molecule has 2 aliphatic heterocycles. The van der Waals surface area contributed by atoms with Crippen molar-refractivity contribution < 1.29 is 8.42 Å². The minimum Gasteiger partial charge on any atom is -0.316 e. The van der Waals surface area contributed by atoms with Gasteiger partial charge in [0.25, 0.3) is 10.2 Å². The fraction of sp³-hybridized carbons (Fsp3) is 1.00. The highest BCUT2D eigenvalue weighted by molar-refractivity contribution is 7.86. The number of hydrogen-bond donors (Lipinski definition) is 1. The van der Waals surface area contributed by atoms with E-state index in [0.29, 0.717) is 38.0 Å². The molecular formula is C12H25N3O2S. The molecule has 106 valence electrons. The molecule has 6 heteroatoms. The van der Waals surface area contributed by atoms with Crippen molar-refractivity contribution >= 4 is 10.2 Å². The first kappa shape index (κ1) is 14.2. The molecule has 5 nitrogen and oxygen atoms in total. The van der Waals surface area contributed by atoms with Crippen molar-refractivity contribution in [1.82, 2.24) is 13.9 Å². The molecule has 2 rings (SSSR count).